The number of phenolic OH excluding ortho intramolecular Hbond substituents is 1. The predicted molar refractivity (Wildman–Crippen MR) is 70.5 cm³/mol. The van der Waals surface area contributed by atoms with Crippen molar-refractivity contribution >= 4 is 5.91 Å². The number of rotatable bonds is 8. The molecule has 0 aliphatic heterocycles. The minimum Gasteiger partial charge on any atom is -0.508 e. The average molecular weight is 249 g/mol. The fraction of sp³-hybridized carbons (Fsp3) is 0.357. The van der Waals surface area contributed by atoms with Crippen molar-refractivity contribution in [2.45, 2.75) is 12.8 Å². The van der Waals surface area contributed by atoms with Crippen LogP contribution in [0.3, 0.4) is 0 Å². The Kier molecular flexibility index (Phi) is 6.58. The summed E-state index contributed by atoms with van der Waals surface area (Å²) >= 11 is 0. The highest BCUT2D eigenvalue weighted by Crippen LogP contribution is 2.15. The molecule has 0 saturated heterocycles. The van der Waals surface area contributed by atoms with Gasteiger partial charge in [0.1, 0.15) is 5.75 Å². The second-order valence-electron chi connectivity index (χ2n) is 3.85. The molecule has 4 nitrogen and oxygen atoms in total. The van der Waals surface area contributed by atoms with Crippen molar-refractivity contribution in [1.82, 2.24) is 5.32 Å². The van der Waals surface area contributed by atoms with Crippen molar-refractivity contribution in [3.63, 3.8) is 0 Å². The summed E-state index contributed by atoms with van der Waals surface area (Å²) in [7, 11) is 0. The van der Waals surface area contributed by atoms with E-state index in [1.807, 2.05) is 0 Å². The van der Waals surface area contributed by atoms with E-state index >= 15 is 0 Å². The van der Waals surface area contributed by atoms with E-state index in [4.69, 9.17) is 4.74 Å². The summed E-state index contributed by atoms with van der Waals surface area (Å²) < 4.78 is 5.26. The lowest BCUT2D eigenvalue weighted by Crippen LogP contribution is -2.28. The van der Waals surface area contributed by atoms with Gasteiger partial charge in [-0.3, -0.25) is 4.79 Å². The maximum Gasteiger partial charge on any atom is 0.224 e. The Morgan fingerprint density at radius 3 is 2.89 bits per heavy atom. The number of amides is 1. The topological polar surface area (TPSA) is 58.6 Å². The largest absolute Gasteiger partial charge is 0.508 e. The second-order valence-corrected chi connectivity index (χ2v) is 3.85. The van der Waals surface area contributed by atoms with Crippen molar-refractivity contribution < 1.29 is 14.6 Å². The molecular weight excluding hydrogens is 230 g/mol. The average Bonchev–Trinajstić information content (AvgIpc) is 2.36. The van der Waals surface area contributed by atoms with Crippen LogP contribution in [0.15, 0.2) is 36.9 Å². The van der Waals surface area contributed by atoms with Crippen LogP contribution in [0, 0.1) is 0 Å². The van der Waals surface area contributed by atoms with Gasteiger partial charge in [0.25, 0.3) is 0 Å². The first-order valence-corrected chi connectivity index (χ1v) is 5.96. The minimum absolute atomic E-state index is 0.121. The zero-order chi connectivity index (χ0) is 13.2. The minimum atomic E-state index is -0.121. The first-order valence-electron chi connectivity index (χ1n) is 5.96. The van der Waals surface area contributed by atoms with Crippen LogP contribution in [-0.4, -0.2) is 30.8 Å². The molecule has 0 heterocycles. The Morgan fingerprint density at radius 2 is 2.17 bits per heavy atom. The highest BCUT2D eigenvalue weighted by molar-refractivity contribution is 5.79. The molecule has 98 valence electrons. The van der Waals surface area contributed by atoms with Crippen LogP contribution in [0.25, 0.3) is 0 Å². The van der Waals surface area contributed by atoms with E-state index in [-0.39, 0.29) is 18.1 Å². The van der Waals surface area contributed by atoms with Gasteiger partial charge >= 0.3 is 0 Å². The number of hydrogen-bond acceptors (Lipinski definition) is 3. The third-order valence-corrected chi connectivity index (χ3v) is 2.38. The number of nitrogens with one attached hydrogen (secondary N) is 1. The van der Waals surface area contributed by atoms with Gasteiger partial charge in [-0.05, 0) is 12.5 Å². The molecule has 1 amide bonds. The van der Waals surface area contributed by atoms with E-state index in [1.54, 1.807) is 30.3 Å². The summed E-state index contributed by atoms with van der Waals surface area (Å²) in [6.45, 7) is 5.17. The van der Waals surface area contributed by atoms with Crippen LogP contribution in [0.1, 0.15) is 12.0 Å². The van der Waals surface area contributed by atoms with Gasteiger partial charge in [0.15, 0.2) is 0 Å². The monoisotopic (exact) mass is 249 g/mol. The zero-order valence-electron chi connectivity index (χ0n) is 10.4. The summed E-state index contributed by atoms with van der Waals surface area (Å²) in [5, 5.41) is 12.2. The maximum atomic E-state index is 11.6. The SMILES string of the molecule is C=CCCOCCNC(=O)Cc1ccccc1O. The second kappa shape index (κ2) is 8.31. The Hall–Kier alpha value is -1.81. The van der Waals surface area contributed by atoms with Crippen LogP contribution < -0.4 is 5.32 Å². The molecule has 0 spiro atoms. The molecule has 0 unspecified atom stereocenters. The summed E-state index contributed by atoms with van der Waals surface area (Å²) in [6, 6.07) is 6.82. The van der Waals surface area contributed by atoms with Crippen LogP contribution >= 0.6 is 0 Å². The fourth-order valence-corrected chi connectivity index (χ4v) is 1.43. The summed E-state index contributed by atoms with van der Waals surface area (Å²) in [5.41, 5.74) is 0.627. The molecule has 0 aliphatic rings. The molecule has 0 radical (unpaired) electrons. The lowest BCUT2D eigenvalue weighted by atomic mass is 10.1. The summed E-state index contributed by atoms with van der Waals surface area (Å²) in [4.78, 5) is 11.6. The normalized spacial score (nSPS) is 10.0. The number of para-hydroxylation sites is 1. The molecule has 2 N–H and O–H groups in total. The van der Waals surface area contributed by atoms with Gasteiger partial charge in [-0.15, -0.1) is 6.58 Å². The maximum absolute atomic E-state index is 11.6. The predicted octanol–water partition coefficient (Wildman–Crippen LogP) is 1.64. The number of phenols is 1. The number of hydrogen-bond donors (Lipinski definition) is 2. The number of ether oxygens (including phenoxy) is 1. The van der Waals surface area contributed by atoms with Gasteiger partial charge < -0.3 is 15.2 Å². The molecule has 0 saturated carbocycles. The molecule has 0 atom stereocenters. The number of carbonyl (C=O) groups excluding carboxylic acids is 1. The molecule has 1 aromatic carbocycles. The Balaban J connectivity index is 2.18. The van der Waals surface area contributed by atoms with E-state index in [0.29, 0.717) is 25.3 Å². The molecule has 0 aliphatic carbocycles. The third kappa shape index (κ3) is 5.50. The van der Waals surface area contributed by atoms with E-state index in [2.05, 4.69) is 11.9 Å². The Morgan fingerprint density at radius 1 is 1.39 bits per heavy atom. The van der Waals surface area contributed by atoms with Gasteiger partial charge in [0.2, 0.25) is 5.91 Å². The summed E-state index contributed by atoms with van der Waals surface area (Å²) in [6.07, 6.45) is 2.78. The van der Waals surface area contributed by atoms with Gasteiger partial charge in [-0.2, -0.15) is 0 Å². The quantitative estimate of drug-likeness (QED) is 0.544. The van der Waals surface area contributed by atoms with Crippen LogP contribution in [0.5, 0.6) is 5.75 Å². The standard InChI is InChI=1S/C14H19NO3/c1-2-3-9-18-10-8-15-14(17)11-12-6-4-5-7-13(12)16/h2,4-7,16H,1,3,8-11H2,(H,15,17). The zero-order valence-corrected chi connectivity index (χ0v) is 10.4. The molecule has 18 heavy (non-hydrogen) atoms. The van der Waals surface area contributed by atoms with Gasteiger partial charge in [-0.25, -0.2) is 0 Å². The van der Waals surface area contributed by atoms with Gasteiger partial charge in [0.05, 0.1) is 19.6 Å². The third-order valence-electron chi connectivity index (χ3n) is 2.38. The van der Waals surface area contributed by atoms with Crippen molar-refractivity contribution in [2.75, 3.05) is 19.8 Å². The molecule has 1 aromatic rings. The smallest absolute Gasteiger partial charge is 0.224 e. The van der Waals surface area contributed by atoms with Crippen LogP contribution in [0.2, 0.25) is 0 Å². The summed E-state index contributed by atoms with van der Waals surface area (Å²) in [5.74, 6) is 0.0266. The van der Waals surface area contributed by atoms with Crippen molar-refractivity contribution in [2.24, 2.45) is 0 Å². The van der Waals surface area contributed by atoms with Crippen molar-refractivity contribution in [3.8, 4) is 5.75 Å². The lowest BCUT2D eigenvalue weighted by Gasteiger charge is -2.07. The van der Waals surface area contributed by atoms with Gasteiger partial charge in [0, 0.05) is 12.1 Å². The van der Waals surface area contributed by atoms with E-state index in [1.165, 1.54) is 0 Å². The fourth-order valence-electron chi connectivity index (χ4n) is 1.43. The molecule has 4 heteroatoms. The van der Waals surface area contributed by atoms with Crippen LogP contribution in [0.4, 0.5) is 0 Å². The first kappa shape index (κ1) is 14.3. The van der Waals surface area contributed by atoms with E-state index in [9.17, 15) is 9.90 Å². The van der Waals surface area contributed by atoms with Gasteiger partial charge in [-0.1, -0.05) is 24.3 Å². The highest BCUT2D eigenvalue weighted by Gasteiger charge is 2.05. The number of aromatic hydroxyl groups is 1. The Labute approximate surface area is 107 Å². The van der Waals surface area contributed by atoms with E-state index in [0.717, 1.165) is 6.42 Å². The first-order chi connectivity index (χ1) is 8.74. The Bertz CT molecular complexity index is 390. The van der Waals surface area contributed by atoms with Crippen molar-refractivity contribution in [3.05, 3.63) is 42.5 Å². The van der Waals surface area contributed by atoms with Crippen molar-refractivity contribution in [1.29, 1.82) is 0 Å². The lowest BCUT2D eigenvalue weighted by molar-refractivity contribution is -0.120. The molecule has 1 rings (SSSR count). The molecule has 0 fully saturated rings. The number of benzene rings is 1. The highest BCUT2D eigenvalue weighted by atomic mass is 16.5. The van der Waals surface area contributed by atoms with Crippen LogP contribution in [-0.2, 0) is 16.0 Å². The molecular formula is C14H19NO3. The van der Waals surface area contributed by atoms with E-state index < -0.39 is 0 Å². The molecule has 0 aromatic heterocycles. The molecule has 0 bridgehead atoms. The number of carbonyl (C=O) groups is 1.